The van der Waals surface area contributed by atoms with Crippen LogP contribution in [0.3, 0.4) is 0 Å². The second-order valence-corrected chi connectivity index (χ2v) is 5.73. The predicted octanol–water partition coefficient (Wildman–Crippen LogP) is 3.57. The second-order valence-electron chi connectivity index (χ2n) is 5.73. The molecule has 0 bridgehead atoms. The van der Waals surface area contributed by atoms with Crippen LogP contribution in [0.25, 0.3) is 0 Å². The molecule has 2 atom stereocenters. The summed E-state index contributed by atoms with van der Waals surface area (Å²) in [5.74, 6) is 0.442. The molecule has 2 rings (SSSR count). The number of anilines is 1. The average Bonchev–Trinajstić information content (AvgIpc) is 2.37. The van der Waals surface area contributed by atoms with Gasteiger partial charge in [0.25, 0.3) is 0 Å². The van der Waals surface area contributed by atoms with Crippen molar-refractivity contribution in [1.29, 1.82) is 0 Å². The molecule has 1 amide bonds. The number of carbonyl (C=O) groups excluding carboxylic acids is 1. The zero-order chi connectivity index (χ0) is 13.8. The lowest BCUT2D eigenvalue weighted by molar-refractivity contribution is -0.117. The van der Waals surface area contributed by atoms with Crippen LogP contribution < -0.4 is 11.1 Å². The van der Waals surface area contributed by atoms with Crippen LogP contribution in [0.1, 0.15) is 43.2 Å². The minimum absolute atomic E-state index is 0. The summed E-state index contributed by atoms with van der Waals surface area (Å²) in [6.07, 6.45) is 5.10. The van der Waals surface area contributed by atoms with Gasteiger partial charge in [0.1, 0.15) is 0 Å². The van der Waals surface area contributed by atoms with Gasteiger partial charge in [-0.3, -0.25) is 4.79 Å². The number of nitrogens with one attached hydrogen (secondary N) is 1. The summed E-state index contributed by atoms with van der Waals surface area (Å²) < 4.78 is 0. The van der Waals surface area contributed by atoms with E-state index in [9.17, 15) is 4.79 Å². The van der Waals surface area contributed by atoms with Crippen molar-refractivity contribution in [2.24, 2.45) is 11.7 Å². The zero-order valence-electron chi connectivity index (χ0n) is 12.3. The van der Waals surface area contributed by atoms with Crippen LogP contribution in [0.4, 0.5) is 5.69 Å². The average molecular weight is 297 g/mol. The van der Waals surface area contributed by atoms with Crippen molar-refractivity contribution in [2.45, 2.75) is 52.0 Å². The fourth-order valence-corrected chi connectivity index (χ4v) is 2.93. The maximum absolute atomic E-state index is 12.2. The predicted molar refractivity (Wildman–Crippen MR) is 86.3 cm³/mol. The van der Waals surface area contributed by atoms with E-state index < -0.39 is 0 Å². The van der Waals surface area contributed by atoms with Crippen molar-refractivity contribution in [3.05, 3.63) is 29.3 Å². The monoisotopic (exact) mass is 296 g/mol. The molecule has 20 heavy (non-hydrogen) atoms. The van der Waals surface area contributed by atoms with E-state index in [0.717, 1.165) is 29.7 Å². The topological polar surface area (TPSA) is 55.1 Å². The summed E-state index contributed by atoms with van der Waals surface area (Å²) in [6, 6.07) is 6.25. The van der Waals surface area contributed by atoms with Gasteiger partial charge in [0.15, 0.2) is 0 Å². The quantitative estimate of drug-likeness (QED) is 0.896. The fourth-order valence-electron chi connectivity index (χ4n) is 2.93. The molecule has 1 aliphatic rings. The van der Waals surface area contributed by atoms with E-state index in [1.807, 2.05) is 32.0 Å². The van der Waals surface area contributed by atoms with Gasteiger partial charge in [0.05, 0.1) is 0 Å². The number of hydrogen-bond donors (Lipinski definition) is 2. The largest absolute Gasteiger partial charge is 0.327 e. The molecule has 3 N–H and O–H groups in total. The Kier molecular flexibility index (Phi) is 6.50. The second kappa shape index (κ2) is 7.65. The summed E-state index contributed by atoms with van der Waals surface area (Å²) >= 11 is 0. The summed E-state index contributed by atoms with van der Waals surface area (Å²) in [7, 11) is 0. The molecule has 0 saturated heterocycles. The van der Waals surface area contributed by atoms with E-state index >= 15 is 0 Å². The van der Waals surface area contributed by atoms with Gasteiger partial charge in [-0.1, -0.05) is 31.0 Å². The summed E-state index contributed by atoms with van der Waals surface area (Å²) in [6.45, 7) is 4.05. The molecule has 2 unspecified atom stereocenters. The third-order valence-electron chi connectivity index (χ3n) is 4.16. The first-order chi connectivity index (χ1) is 9.08. The summed E-state index contributed by atoms with van der Waals surface area (Å²) in [4.78, 5) is 12.2. The van der Waals surface area contributed by atoms with Gasteiger partial charge in [-0.05, 0) is 43.7 Å². The zero-order valence-corrected chi connectivity index (χ0v) is 13.1. The molecule has 0 radical (unpaired) electrons. The number of halogens is 1. The van der Waals surface area contributed by atoms with Crippen LogP contribution in [0, 0.1) is 19.8 Å². The van der Waals surface area contributed by atoms with Crippen LogP contribution in [0.15, 0.2) is 18.2 Å². The molecular formula is C16H25ClN2O. The maximum Gasteiger partial charge on any atom is 0.224 e. The van der Waals surface area contributed by atoms with Gasteiger partial charge in [0, 0.05) is 18.2 Å². The Morgan fingerprint density at radius 2 is 1.85 bits per heavy atom. The smallest absolute Gasteiger partial charge is 0.224 e. The van der Waals surface area contributed by atoms with E-state index in [0.29, 0.717) is 12.3 Å². The summed E-state index contributed by atoms with van der Waals surface area (Å²) in [5, 5.41) is 3.05. The Bertz CT molecular complexity index is 442. The van der Waals surface area contributed by atoms with Gasteiger partial charge in [0.2, 0.25) is 5.91 Å². The number of para-hydroxylation sites is 1. The standard InChI is InChI=1S/C16H24N2O.ClH/c1-11-6-5-7-12(2)16(11)18-15(19)10-13-8-3-4-9-14(13)17;/h5-7,13-14H,3-4,8-10,17H2,1-2H3,(H,18,19);1H. The van der Waals surface area contributed by atoms with Crippen molar-refractivity contribution < 1.29 is 4.79 Å². The van der Waals surface area contributed by atoms with Crippen molar-refractivity contribution >= 4 is 24.0 Å². The van der Waals surface area contributed by atoms with E-state index in [-0.39, 0.29) is 24.4 Å². The van der Waals surface area contributed by atoms with Gasteiger partial charge in [-0.25, -0.2) is 0 Å². The summed E-state index contributed by atoms with van der Waals surface area (Å²) in [5.41, 5.74) is 9.28. The maximum atomic E-state index is 12.2. The lowest BCUT2D eigenvalue weighted by Gasteiger charge is -2.28. The molecule has 0 aliphatic heterocycles. The van der Waals surface area contributed by atoms with E-state index in [1.54, 1.807) is 0 Å². The lowest BCUT2D eigenvalue weighted by atomic mass is 9.83. The minimum atomic E-state index is 0. The lowest BCUT2D eigenvalue weighted by Crippen LogP contribution is -2.35. The van der Waals surface area contributed by atoms with Crippen LogP contribution in [0.5, 0.6) is 0 Å². The number of rotatable bonds is 3. The van der Waals surface area contributed by atoms with Gasteiger partial charge in [-0.2, -0.15) is 0 Å². The van der Waals surface area contributed by atoms with E-state index in [4.69, 9.17) is 5.73 Å². The van der Waals surface area contributed by atoms with Crippen LogP contribution in [0.2, 0.25) is 0 Å². The van der Waals surface area contributed by atoms with Gasteiger partial charge in [-0.15, -0.1) is 12.4 Å². The van der Waals surface area contributed by atoms with E-state index in [1.165, 1.54) is 12.8 Å². The van der Waals surface area contributed by atoms with Crippen LogP contribution in [-0.2, 0) is 4.79 Å². The first-order valence-electron chi connectivity index (χ1n) is 7.19. The third kappa shape index (κ3) is 4.22. The van der Waals surface area contributed by atoms with Crippen LogP contribution >= 0.6 is 12.4 Å². The highest BCUT2D eigenvalue weighted by atomic mass is 35.5. The Labute approximate surface area is 127 Å². The Balaban J connectivity index is 0.00000200. The molecule has 4 heteroatoms. The van der Waals surface area contributed by atoms with Crippen molar-refractivity contribution in [1.82, 2.24) is 0 Å². The highest BCUT2D eigenvalue weighted by Crippen LogP contribution is 2.27. The first kappa shape index (κ1) is 17.0. The number of hydrogen-bond acceptors (Lipinski definition) is 2. The molecule has 0 spiro atoms. The molecule has 1 aromatic carbocycles. The normalized spacial score (nSPS) is 21.9. The molecule has 3 nitrogen and oxygen atoms in total. The molecule has 1 aromatic rings. The van der Waals surface area contributed by atoms with Crippen LogP contribution in [-0.4, -0.2) is 11.9 Å². The molecule has 1 fully saturated rings. The van der Waals surface area contributed by atoms with Crippen molar-refractivity contribution in [2.75, 3.05) is 5.32 Å². The third-order valence-corrected chi connectivity index (χ3v) is 4.16. The van der Waals surface area contributed by atoms with Crippen molar-refractivity contribution in [3.63, 3.8) is 0 Å². The number of amides is 1. The Morgan fingerprint density at radius 1 is 1.25 bits per heavy atom. The van der Waals surface area contributed by atoms with E-state index in [2.05, 4.69) is 5.32 Å². The fraction of sp³-hybridized carbons (Fsp3) is 0.562. The Hall–Kier alpha value is -1.06. The van der Waals surface area contributed by atoms with Gasteiger partial charge < -0.3 is 11.1 Å². The minimum Gasteiger partial charge on any atom is -0.327 e. The Morgan fingerprint density at radius 3 is 2.45 bits per heavy atom. The number of aryl methyl sites for hydroxylation is 2. The number of benzene rings is 1. The molecule has 1 aliphatic carbocycles. The first-order valence-corrected chi connectivity index (χ1v) is 7.19. The van der Waals surface area contributed by atoms with Gasteiger partial charge >= 0.3 is 0 Å². The molecule has 112 valence electrons. The number of carbonyl (C=O) groups is 1. The van der Waals surface area contributed by atoms with Crippen molar-refractivity contribution in [3.8, 4) is 0 Å². The molecule has 0 aromatic heterocycles. The highest BCUT2D eigenvalue weighted by Gasteiger charge is 2.24. The molecule has 1 saturated carbocycles. The SMILES string of the molecule is Cc1cccc(C)c1NC(=O)CC1CCCCC1N.Cl. The number of nitrogens with two attached hydrogens (primary N) is 1. The highest BCUT2D eigenvalue weighted by molar-refractivity contribution is 5.92. The molecule has 0 heterocycles. The molecular weight excluding hydrogens is 272 g/mol.